The maximum absolute atomic E-state index is 15.1. The van der Waals surface area contributed by atoms with Gasteiger partial charge in [-0.25, -0.2) is 9.59 Å². The largest absolute Gasteiger partial charge is 0.460 e. The van der Waals surface area contributed by atoms with Crippen LogP contribution in [0, 0.1) is 17.3 Å². The maximum atomic E-state index is 15.1. The van der Waals surface area contributed by atoms with E-state index in [2.05, 4.69) is 16.0 Å². The number of ketones is 1. The van der Waals surface area contributed by atoms with Gasteiger partial charge in [0, 0.05) is 93.7 Å². The van der Waals surface area contributed by atoms with Gasteiger partial charge in [-0.1, -0.05) is 72.7 Å². The van der Waals surface area contributed by atoms with Crippen LogP contribution in [0.25, 0.3) is 10.9 Å². The molecule has 0 saturated carbocycles. The molecular weight excluding hydrogens is 1030 g/mol. The first-order valence-corrected chi connectivity index (χ1v) is 27.4. The van der Waals surface area contributed by atoms with Gasteiger partial charge in [0.1, 0.15) is 40.7 Å². The van der Waals surface area contributed by atoms with E-state index in [9.17, 15) is 43.2 Å². The van der Waals surface area contributed by atoms with Crippen molar-refractivity contribution >= 4 is 70.2 Å². The van der Waals surface area contributed by atoms with Gasteiger partial charge in [-0.15, -0.1) is 0 Å². The molecule has 0 aliphatic carbocycles. The topological polar surface area (TPSA) is 249 Å². The van der Waals surface area contributed by atoms with Crippen molar-refractivity contribution in [1.82, 2.24) is 35.2 Å². The number of hydrogen-bond acceptors (Lipinski definition) is 13. The zero-order valence-electron chi connectivity index (χ0n) is 51.1. The van der Waals surface area contributed by atoms with E-state index in [0.29, 0.717) is 0 Å². The highest BCUT2D eigenvalue weighted by molar-refractivity contribution is 6.13. The normalized spacial score (nSPS) is 15.4. The van der Waals surface area contributed by atoms with E-state index in [1.165, 1.54) is 23.8 Å². The van der Waals surface area contributed by atoms with Gasteiger partial charge in [-0.2, -0.15) is 0 Å². The third-order valence-corrected chi connectivity index (χ3v) is 13.4. The predicted octanol–water partition coefficient (Wildman–Crippen LogP) is 7.00. The summed E-state index contributed by atoms with van der Waals surface area (Å²) in [5.41, 5.74) is -2.84. The van der Waals surface area contributed by atoms with E-state index in [1.807, 2.05) is 90.5 Å². The maximum Gasteiger partial charge on any atom is 0.410 e. The summed E-state index contributed by atoms with van der Waals surface area (Å²) in [5, 5.41) is 9.29. The average molecular weight is 1120 g/mol. The number of para-hydroxylation sites is 1. The van der Waals surface area contributed by atoms with Crippen LogP contribution in [0.3, 0.4) is 0 Å². The third kappa shape index (κ3) is 19.5. The molecule has 0 radical (unpaired) electrons. The standard InChI is InChI=1S/C60H91N7O13/c1-36(2)44(65(19)52(74)48(56(4,5)6)63-51(73)49(66(20)55(77)80-59(13,14)15)60(16,17)41-35-64(18)43-24-22-21-23-40(41)43)33-37(3)50(72)62-42(54(76)79-58(10,11)12)27-26-39(68)34-38(53(75)78-57(7,8)9)25-28-45(69)61-31-32-67-46(70)29-30-47(67)71/h21-24,29-30,33,35-36,38,42,44,48-49H,25-28,31-32,34H2,1-20H3,(H,61,69)(H,62,72)(H,63,73)/b37-33+/t38-,42+,44+,48+,49+/m0/s1. The second kappa shape index (κ2) is 27.1. The Balaban J connectivity index is 1.89. The molecule has 1 aromatic carbocycles. The lowest BCUT2D eigenvalue weighted by atomic mass is 9.76. The SMILES string of the molecule is C/C(=C\[C@H](C(C)C)N(C)C(=O)[C@@H](NC(=O)[C@@H](N(C)C(=O)OC(C)(C)C)C(C)(C)c1cn(C)c2ccccc12)C(C)(C)C)C(=O)N[C@H](CCC(=O)C[C@H](CCC(=O)NCCN1C(=O)C=CC1=O)C(=O)OC(C)(C)C)C(=O)OC(C)(C)C. The number of rotatable bonds is 24. The van der Waals surface area contributed by atoms with Crippen LogP contribution in [0.2, 0.25) is 0 Å². The molecule has 2 heterocycles. The smallest absolute Gasteiger partial charge is 0.410 e. The molecule has 1 aromatic heterocycles. The van der Waals surface area contributed by atoms with Gasteiger partial charge in [-0.05, 0) is 105 Å². The van der Waals surface area contributed by atoms with Crippen molar-refractivity contribution in [2.24, 2.45) is 24.3 Å². The van der Waals surface area contributed by atoms with Crippen molar-refractivity contribution in [3.05, 3.63) is 59.8 Å². The lowest BCUT2D eigenvalue weighted by Crippen LogP contribution is -2.63. The first-order valence-electron chi connectivity index (χ1n) is 27.4. The Morgan fingerprint density at radius 1 is 0.713 bits per heavy atom. The van der Waals surface area contributed by atoms with Gasteiger partial charge >= 0.3 is 18.0 Å². The highest BCUT2D eigenvalue weighted by Crippen LogP contribution is 2.37. The summed E-state index contributed by atoms with van der Waals surface area (Å²) in [7, 11) is 4.99. The van der Waals surface area contributed by atoms with Crippen molar-refractivity contribution in [3.63, 3.8) is 0 Å². The first kappa shape index (κ1) is 67.4. The summed E-state index contributed by atoms with van der Waals surface area (Å²) in [6.45, 7) is 29.6. The highest BCUT2D eigenvalue weighted by Gasteiger charge is 2.47. The molecule has 20 nitrogen and oxygen atoms in total. The number of nitrogens with one attached hydrogen (secondary N) is 3. The Morgan fingerprint density at radius 3 is 1.80 bits per heavy atom. The molecule has 20 heteroatoms. The zero-order chi connectivity index (χ0) is 61.2. The van der Waals surface area contributed by atoms with E-state index in [0.717, 1.165) is 33.5 Å². The molecule has 1 aliphatic heterocycles. The van der Waals surface area contributed by atoms with E-state index in [4.69, 9.17) is 14.2 Å². The molecular formula is C60H91N7O13. The number of aromatic nitrogens is 1. The van der Waals surface area contributed by atoms with Crippen molar-refractivity contribution in [1.29, 1.82) is 0 Å². The Hall–Kier alpha value is -6.86. The van der Waals surface area contributed by atoms with E-state index >= 15 is 4.79 Å². The summed E-state index contributed by atoms with van der Waals surface area (Å²) < 4.78 is 19.0. The number of carbonyl (C=O) groups is 10. The summed E-state index contributed by atoms with van der Waals surface area (Å²) >= 11 is 0. The third-order valence-electron chi connectivity index (χ3n) is 13.4. The number of benzene rings is 1. The molecule has 5 atom stereocenters. The summed E-state index contributed by atoms with van der Waals surface area (Å²) in [5.74, 6) is -6.50. The number of ether oxygens (including phenoxy) is 3. The fraction of sp³-hybridized carbons (Fsp3) is 0.633. The summed E-state index contributed by atoms with van der Waals surface area (Å²) in [6, 6.07) is 3.37. The van der Waals surface area contributed by atoms with E-state index < -0.39 is 117 Å². The van der Waals surface area contributed by atoms with Crippen molar-refractivity contribution in [3.8, 4) is 0 Å². The van der Waals surface area contributed by atoms with Crippen LogP contribution in [-0.2, 0) is 69.8 Å². The molecule has 0 bridgehead atoms. The lowest BCUT2D eigenvalue weighted by molar-refractivity contribution is -0.162. The van der Waals surface area contributed by atoms with Crippen LogP contribution in [0.1, 0.15) is 155 Å². The minimum Gasteiger partial charge on any atom is -0.460 e. The molecule has 0 saturated heterocycles. The van der Waals surface area contributed by atoms with Crippen LogP contribution >= 0.6 is 0 Å². The molecule has 0 spiro atoms. The number of fused-ring (bicyclic) bond motifs is 1. The summed E-state index contributed by atoms with van der Waals surface area (Å²) in [4.78, 5) is 139. The van der Waals surface area contributed by atoms with Crippen molar-refractivity contribution in [2.75, 3.05) is 27.2 Å². The van der Waals surface area contributed by atoms with Gasteiger partial charge in [0.15, 0.2) is 0 Å². The molecule has 0 fully saturated rings. The monoisotopic (exact) mass is 1120 g/mol. The van der Waals surface area contributed by atoms with Crippen molar-refractivity contribution < 1.29 is 62.2 Å². The highest BCUT2D eigenvalue weighted by atomic mass is 16.6. The minimum absolute atomic E-state index is 0.0178. The number of imide groups is 1. The Morgan fingerprint density at radius 2 is 1.26 bits per heavy atom. The number of carbonyl (C=O) groups excluding carboxylic acids is 10. The van der Waals surface area contributed by atoms with Crippen LogP contribution in [0.15, 0.2) is 54.3 Å². The molecule has 0 unspecified atom stereocenters. The summed E-state index contributed by atoms with van der Waals surface area (Å²) in [6.07, 6.45) is 4.01. The van der Waals surface area contributed by atoms with Crippen LogP contribution in [0.4, 0.5) is 4.79 Å². The van der Waals surface area contributed by atoms with Gasteiger partial charge in [0.2, 0.25) is 23.6 Å². The molecule has 3 rings (SSSR count). The Labute approximate surface area is 473 Å². The predicted molar refractivity (Wildman–Crippen MR) is 304 cm³/mol. The van der Waals surface area contributed by atoms with Crippen LogP contribution in [-0.4, -0.2) is 147 Å². The van der Waals surface area contributed by atoms with Crippen LogP contribution < -0.4 is 16.0 Å². The van der Waals surface area contributed by atoms with Gasteiger partial charge in [-0.3, -0.25) is 48.2 Å². The number of Topliss-reactive ketones (excluding diaryl/α,β-unsaturated/α-hetero) is 1. The Kier molecular flexibility index (Phi) is 22.8. The molecule has 2 aromatic rings. The van der Waals surface area contributed by atoms with Crippen molar-refractivity contribution in [2.45, 2.75) is 196 Å². The number of amides is 7. The number of esters is 2. The molecule has 444 valence electrons. The number of nitrogens with zero attached hydrogens (tertiary/aromatic N) is 4. The zero-order valence-corrected chi connectivity index (χ0v) is 51.1. The molecule has 80 heavy (non-hydrogen) atoms. The van der Waals surface area contributed by atoms with Gasteiger partial charge in [0.05, 0.1) is 12.0 Å². The minimum atomic E-state index is -1.33. The molecule has 3 N–H and O–H groups in total. The van der Waals surface area contributed by atoms with Crippen LogP contribution in [0.5, 0.6) is 0 Å². The first-order chi connectivity index (χ1) is 36.6. The quantitative estimate of drug-likeness (QED) is 0.0415. The fourth-order valence-corrected chi connectivity index (χ4v) is 9.35. The second-order valence-corrected chi connectivity index (χ2v) is 25.8. The number of aryl methyl sites for hydroxylation is 1. The number of hydrogen-bond donors (Lipinski definition) is 3. The number of likely N-dealkylation sites (N-methyl/N-ethyl adjacent to an activating group) is 2. The van der Waals surface area contributed by atoms with E-state index in [1.54, 1.807) is 75.4 Å². The fourth-order valence-electron chi connectivity index (χ4n) is 9.35. The van der Waals surface area contributed by atoms with E-state index in [-0.39, 0.29) is 56.7 Å². The average Bonchev–Trinajstić information content (AvgIpc) is 3.83. The molecule has 7 amide bonds. The van der Waals surface area contributed by atoms with Gasteiger partial charge < -0.3 is 39.6 Å². The lowest BCUT2D eigenvalue weighted by Gasteiger charge is -2.42. The molecule has 1 aliphatic rings. The van der Waals surface area contributed by atoms with Gasteiger partial charge in [0.25, 0.3) is 11.8 Å². The Bertz CT molecular complexity index is 2670. The second-order valence-electron chi connectivity index (χ2n) is 25.8.